The predicted octanol–water partition coefficient (Wildman–Crippen LogP) is 2.28. The smallest absolute Gasteiger partial charge is 0.0743 e. The molecule has 2 rings (SSSR count). The number of halogens is 1. The van der Waals surface area contributed by atoms with Crippen molar-refractivity contribution in [2.45, 2.75) is 31.5 Å². The molecule has 1 aliphatic heterocycles. The fourth-order valence-corrected chi connectivity index (χ4v) is 2.73. The van der Waals surface area contributed by atoms with E-state index in [4.69, 9.17) is 22.1 Å². The minimum Gasteiger partial charge on any atom is -0.377 e. The molecule has 2 N–H and O–H groups in total. The molecule has 1 heterocycles. The lowest BCUT2D eigenvalue weighted by molar-refractivity contribution is 0.0347. The van der Waals surface area contributed by atoms with Crippen LogP contribution in [0.15, 0.2) is 24.3 Å². The molecule has 0 aliphatic carbocycles. The van der Waals surface area contributed by atoms with Gasteiger partial charge in [-0.15, -0.1) is 0 Å². The Morgan fingerprint density at radius 1 is 1.50 bits per heavy atom. The molecular weight excluding hydrogens is 248 g/mol. The molecule has 0 saturated carbocycles. The molecule has 4 heteroatoms. The van der Waals surface area contributed by atoms with Crippen LogP contribution in [0.5, 0.6) is 0 Å². The van der Waals surface area contributed by atoms with Gasteiger partial charge in [-0.2, -0.15) is 0 Å². The van der Waals surface area contributed by atoms with E-state index in [0.29, 0.717) is 6.54 Å². The standard InChI is InChI=1S/C14H21ClN2O/c1-17(10-11-5-2-3-6-12(11)15)13(9-16)14-7-4-8-18-14/h2-3,5-6,13-14H,4,7-10,16H2,1H3. The summed E-state index contributed by atoms with van der Waals surface area (Å²) in [6.07, 6.45) is 2.51. The Bertz CT molecular complexity index is 380. The first-order chi connectivity index (χ1) is 8.72. The molecule has 0 bridgehead atoms. The average Bonchev–Trinajstić information content (AvgIpc) is 2.87. The fraction of sp³-hybridized carbons (Fsp3) is 0.571. The van der Waals surface area contributed by atoms with Gasteiger partial charge in [0.15, 0.2) is 0 Å². The third-order valence-electron chi connectivity index (χ3n) is 3.58. The van der Waals surface area contributed by atoms with Gasteiger partial charge in [0.1, 0.15) is 0 Å². The zero-order valence-corrected chi connectivity index (χ0v) is 11.6. The van der Waals surface area contributed by atoms with Gasteiger partial charge in [-0.3, -0.25) is 4.90 Å². The van der Waals surface area contributed by atoms with E-state index in [1.807, 2.05) is 18.2 Å². The quantitative estimate of drug-likeness (QED) is 0.890. The van der Waals surface area contributed by atoms with Gasteiger partial charge >= 0.3 is 0 Å². The number of nitrogens with two attached hydrogens (primary N) is 1. The Labute approximate surface area is 114 Å². The lowest BCUT2D eigenvalue weighted by Gasteiger charge is -2.31. The molecule has 0 radical (unpaired) electrons. The molecule has 0 aromatic heterocycles. The lowest BCUT2D eigenvalue weighted by Crippen LogP contribution is -2.45. The van der Waals surface area contributed by atoms with Crippen LogP contribution < -0.4 is 5.73 Å². The van der Waals surface area contributed by atoms with E-state index in [-0.39, 0.29) is 12.1 Å². The third-order valence-corrected chi connectivity index (χ3v) is 3.95. The molecule has 1 saturated heterocycles. The molecule has 1 aliphatic rings. The second-order valence-electron chi connectivity index (χ2n) is 4.86. The highest BCUT2D eigenvalue weighted by atomic mass is 35.5. The molecule has 1 aromatic carbocycles. The summed E-state index contributed by atoms with van der Waals surface area (Å²) in [7, 11) is 2.09. The fourth-order valence-electron chi connectivity index (χ4n) is 2.53. The van der Waals surface area contributed by atoms with Crippen molar-refractivity contribution in [1.82, 2.24) is 4.90 Å². The van der Waals surface area contributed by atoms with Gasteiger partial charge < -0.3 is 10.5 Å². The Balaban J connectivity index is 2.01. The molecule has 1 aromatic rings. The van der Waals surface area contributed by atoms with E-state index in [2.05, 4.69) is 18.0 Å². The maximum atomic E-state index is 6.19. The number of hydrogen-bond acceptors (Lipinski definition) is 3. The van der Waals surface area contributed by atoms with Crippen molar-refractivity contribution in [3.8, 4) is 0 Å². The van der Waals surface area contributed by atoms with Crippen molar-refractivity contribution >= 4 is 11.6 Å². The van der Waals surface area contributed by atoms with Crippen LogP contribution in [0.25, 0.3) is 0 Å². The van der Waals surface area contributed by atoms with Gasteiger partial charge in [-0.05, 0) is 31.5 Å². The van der Waals surface area contributed by atoms with Crippen LogP contribution in [-0.2, 0) is 11.3 Å². The Hall–Kier alpha value is -0.610. The van der Waals surface area contributed by atoms with Gasteiger partial charge in [-0.1, -0.05) is 29.8 Å². The lowest BCUT2D eigenvalue weighted by atomic mass is 10.1. The van der Waals surface area contributed by atoms with Crippen LogP contribution in [0.1, 0.15) is 18.4 Å². The Morgan fingerprint density at radius 2 is 2.28 bits per heavy atom. The summed E-state index contributed by atoms with van der Waals surface area (Å²) in [5.74, 6) is 0. The summed E-state index contributed by atoms with van der Waals surface area (Å²) in [6, 6.07) is 8.21. The highest BCUT2D eigenvalue weighted by molar-refractivity contribution is 6.31. The van der Waals surface area contributed by atoms with Crippen LogP contribution in [0.2, 0.25) is 5.02 Å². The van der Waals surface area contributed by atoms with Gasteiger partial charge in [0, 0.05) is 30.8 Å². The van der Waals surface area contributed by atoms with Crippen LogP contribution in [-0.4, -0.2) is 37.2 Å². The number of ether oxygens (including phenoxy) is 1. The van der Waals surface area contributed by atoms with Gasteiger partial charge in [0.05, 0.1) is 6.10 Å². The normalized spacial score (nSPS) is 21.4. The largest absolute Gasteiger partial charge is 0.377 e. The summed E-state index contributed by atoms with van der Waals surface area (Å²) in [4.78, 5) is 2.25. The zero-order valence-electron chi connectivity index (χ0n) is 10.8. The molecule has 0 amide bonds. The number of nitrogens with zero attached hydrogens (tertiary/aromatic N) is 1. The van der Waals surface area contributed by atoms with Crippen LogP contribution in [0, 0.1) is 0 Å². The van der Waals surface area contributed by atoms with Gasteiger partial charge in [-0.25, -0.2) is 0 Å². The molecule has 1 fully saturated rings. The van der Waals surface area contributed by atoms with E-state index in [0.717, 1.165) is 36.6 Å². The first kappa shape index (κ1) is 13.8. The summed E-state index contributed by atoms with van der Waals surface area (Å²) in [5.41, 5.74) is 7.03. The first-order valence-corrected chi connectivity index (χ1v) is 6.85. The first-order valence-electron chi connectivity index (χ1n) is 6.47. The van der Waals surface area contributed by atoms with E-state index >= 15 is 0 Å². The minimum absolute atomic E-state index is 0.266. The minimum atomic E-state index is 0.266. The summed E-state index contributed by atoms with van der Waals surface area (Å²) >= 11 is 6.19. The summed E-state index contributed by atoms with van der Waals surface area (Å²) in [5, 5.41) is 0.812. The molecule has 2 atom stereocenters. The number of likely N-dealkylation sites (N-methyl/N-ethyl adjacent to an activating group) is 1. The molecule has 3 nitrogen and oxygen atoms in total. The van der Waals surface area contributed by atoms with Crippen molar-refractivity contribution in [2.75, 3.05) is 20.2 Å². The van der Waals surface area contributed by atoms with Gasteiger partial charge in [0.25, 0.3) is 0 Å². The van der Waals surface area contributed by atoms with Crippen molar-refractivity contribution in [1.29, 1.82) is 0 Å². The molecule has 0 spiro atoms. The third kappa shape index (κ3) is 3.23. The number of rotatable bonds is 5. The highest BCUT2D eigenvalue weighted by Gasteiger charge is 2.28. The van der Waals surface area contributed by atoms with Crippen LogP contribution in [0.3, 0.4) is 0 Å². The van der Waals surface area contributed by atoms with E-state index in [1.165, 1.54) is 0 Å². The maximum Gasteiger partial charge on any atom is 0.0743 e. The monoisotopic (exact) mass is 268 g/mol. The van der Waals surface area contributed by atoms with Crippen molar-refractivity contribution in [3.63, 3.8) is 0 Å². The molecular formula is C14H21ClN2O. The van der Waals surface area contributed by atoms with E-state index in [1.54, 1.807) is 0 Å². The Morgan fingerprint density at radius 3 is 2.89 bits per heavy atom. The second-order valence-corrected chi connectivity index (χ2v) is 5.27. The van der Waals surface area contributed by atoms with E-state index in [9.17, 15) is 0 Å². The SMILES string of the molecule is CN(Cc1ccccc1Cl)C(CN)C1CCCO1. The topological polar surface area (TPSA) is 38.5 Å². The molecule has 18 heavy (non-hydrogen) atoms. The highest BCUT2D eigenvalue weighted by Crippen LogP contribution is 2.22. The predicted molar refractivity (Wildman–Crippen MR) is 74.7 cm³/mol. The van der Waals surface area contributed by atoms with Crippen molar-refractivity contribution in [3.05, 3.63) is 34.9 Å². The van der Waals surface area contributed by atoms with Crippen LogP contribution >= 0.6 is 11.6 Å². The number of benzene rings is 1. The van der Waals surface area contributed by atoms with Crippen LogP contribution in [0.4, 0.5) is 0 Å². The zero-order chi connectivity index (χ0) is 13.0. The average molecular weight is 269 g/mol. The maximum absolute atomic E-state index is 6.19. The summed E-state index contributed by atoms with van der Waals surface area (Å²) in [6.45, 7) is 2.29. The molecule has 2 unspecified atom stereocenters. The van der Waals surface area contributed by atoms with Gasteiger partial charge in [0.2, 0.25) is 0 Å². The second kappa shape index (κ2) is 6.53. The number of hydrogen-bond donors (Lipinski definition) is 1. The molecule has 100 valence electrons. The van der Waals surface area contributed by atoms with Crippen molar-refractivity contribution < 1.29 is 4.74 Å². The summed E-state index contributed by atoms with van der Waals surface area (Å²) < 4.78 is 5.74. The Kier molecular flexibility index (Phi) is 5.01. The van der Waals surface area contributed by atoms with E-state index < -0.39 is 0 Å². The van der Waals surface area contributed by atoms with Crippen molar-refractivity contribution in [2.24, 2.45) is 5.73 Å².